The summed E-state index contributed by atoms with van der Waals surface area (Å²) in [5.74, 6) is -0.565. The van der Waals surface area contributed by atoms with Gasteiger partial charge in [-0.2, -0.15) is 0 Å². The van der Waals surface area contributed by atoms with Crippen LogP contribution < -0.4 is 10.5 Å². The minimum atomic E-state index is -3.87. The van der Waals surface area contributed by atoms with E-state index in [-0.39, 0.29) is 16.5 Å². The van der Waals surface area contributed by atoms with Gasteiger partial charge in [0.1, 0.15) is 5.82 Å². The fourth-order valence-electron chi connectivity index (χ4n) is 3.04. The van der Waals surface area contributed by atoms with Gasteiger partial charge >= 0.3 is 0 Å². The number of benzene rings is 2. The van der Waals surface area contributed by atoms with Gasteiger partial charge in [0, 0.05) is 0 Å². The van der Waals surface area contributed by atoms with Crippen molar-refractivity contribution in [3.05, 3.63) is 83.2 Å². The number of carbonyl (C=O) groups excluding carboxylic acids is 1. The molecule has 2 heterocycles. The van der Waals surface area contributed by atoms with Gasteiger partial charge in [0.15, 0.2) is 5.82 Å². The summed E-state index contributed by atoms with van der Waals surface area (Å²) < 4.78 is 38.1. The van der Waals surface area contributed by atoms with Crippen LogP contribution in [0.15, 0.2) is 70.9 Å². The Morgan fingerprint density at radius 2 is 1.91 bits per heavy atom. The van der Waals surface area contributed by atoms with E-state index in [1.165, 1.54) is 40.3 Å². The lowest BCUT2D eigenvalue weighted by atomic mass is 10.1. The van der Waals surface area contributed by atoms with Crippen molar-refractivity contribution in [3.63, 3.8) is 0 Å². The van der Waals surface area contributed by atoms with Gasteiger partial charge in [-0.3, -0.25) is 4.79 Å². The normalized spacial score (nSPS) is 12.5. The van der Waals surface area contributed by atoms with Crippen molar-refractivity contribution in [2.75, 3.05) is 0 Å². The van der Waals surface area contributed by atoms with E-state index >= 15 is 0 Å². The number of nitrogens with two attached hydrogens (primary N) is 1. The van der Waals surface area contributed by atoms with Crippen LogP contribution in [0, 0.1) is 5.82 Å². The molecule has 3 N–H and O–H groups in total. The van der Waals surface area contributed by atoms with E-state index in [1.807, 2.05) is 17.5 Å². The Labute approximate surface area is 187 Å². The molecule has 0 radical (unpaired) electrons. The summed E-state index contributed by atoms with van der Waals surface area (Å²) >= 11 is 1.43. The zero-order valence-electron chi connectivity index (χ0n) is 16.8. The number of hydrogen-bond donors (Lipinski definition) is 2. The molecule has 0 fully saturated rings. The van der Waals surface area contributed by atoms with Gasteiger partial charge in [-0.05, 0) is 60.3 Å². The van der Waals surface area contributed by atoms with Gasteiger partial charge in [-0.25, -0.2) is 27.6 Å². The second-order valence-corrected chi connectivity index (χ2v) is 9.45. The third kappa shape index (κ3) is 4.59. The average Bonchev–Trinajstić information content (AvgIpc) is 3.44. The van der Waals surface area contributed by atoms with E-state index in [1.54, 1.807) is 31.2 Å². The van der Waals surface area contributed by atoms with E-state index in [0.717, 1.165) is 4.88 Å². The van der Waals surface area contributed by atoms with Gasteiger partial charge in [0.25, 0.3) is 5.91 Å². The first-order chi connectivity index (χ1) is 15.2. The fraction of sp³-hybridized carbons (Fsp3) is 0.0952. The molecular weight excluding hydrogens is 453 g/mol. The highest BCUT2D eigenvalue weighted by atomic mass is 32.2. The van der Waals surface area contributed by atoms with Crippen molar-refractivity contribution in [1.29, 1.82) is 0 Å². The van der Waals surface area contributed by atoms with Crippen molar-refractivity contribution >= 4 is 27.3 Å². The number of thiophene rings is 1. The van der Waals surface area contributed by atoms with Gasteiger partial charge in [-0.15, -0.1) is 16.4 Å². The number of rotatable bonds is 6. The molecule has 4 rings (SSSR count). The van der Waals surface area contributed by atoms with Crippen LogP contribution in [-0.4, -0.2) is 29.1 Å². The van der Waals surface area contributed by atoms with Crippen molar-refractivity contribution in [1.82, 2.24) is 20.1 Å². The number of carbonyl (C=O) groups is 1. The number of nitrogens with zero attached hydrogens (tertiary/aromatic N) is 3. The molecule has 0 aliphatic carbocycles. The molecule has 0 bridgehead atoms. The Balaban J connectivity index is 1.64. The van der Waals surface area contributed by atoms with Crippen LogP contribution in [0.1, 0.15) is 29.1 Å². The monoisotopic (exact) mass is 471 g/mol. The van der Waals surface area contributed by atoms with Gasteiger partial charge < -0.3 is 5.32 Å². The molecule has 32 heavy (non-hydrogen) atoms. The molecule has 2 aromatic heterocycles. The molecule has 0 aliphatic heterocycles. The van der Waals surface area contributed by atoms with Crippen molar-refractivity contribution < 1.29 is 17.6 Å². The molecule has 1 atom stereocenters. The molecule has 0 spiro atoms. The zero-order chi connectivity index (χ0) is 22.9. The molecule has 8 nitrogen and oxygen atoms in total. The minimum absolute atomic E-state index is 0.0465. The summed E-state index contributed by atoms with van der Waals surface area (Å²) in [5.41, 5.74) is 1.11. The summed E-state index contributed by atoms with van der Waals surface area (Å²) in [6.07, 6.45) is 0. The van der Waals surface area contributed by atoms with Crippen LogP contribution >= 0.6 is 11.3 Å². The Morgan fingerprint density at radius 3 is 2.56 bits per heavy atom. The topological polar surface area (TPSA) is 120 Å². The first-order valence-electron chi connectivity index (χ1n) is 9.43. The summed E-state index contributed by atoms with van der Waals surface area (Å²) in [4.78, 5) is 18.0. The number of nitrogens with one attached hydrogen (secondary N) is 1. The maximum Gasteiger partial charge on any atom is 0.291 e. The first-order valence-corrected chi connectivity index (χ1v) is 11.9. The third-order valence-corrected chi connectivity index (χ3v) is 6.43. The van der Waals surface area contributed by atoms with Crippen molar-refractivity contribution in [3.8, 4) is 16.4 Å². The highest BCUT2D eigenvalue weighted by Gasteiger charge is 2.21. The Hall–Kier alpha value is -3.41. The second kappa shape index (κ2) is 8.61. The number of primary sulfonamides is 1. The third-order valence-electron chi connectivity index (χ3n) is 4.66. The largest absolute Gasteiger partial charge is 0.343 e. The van der Waals surface area contributed by atoms with E-state index in [0.29, 0.717) is 17.1 Å². The SMILES string of the molecule is CC(NC(=O)c1nc(-c2cccs2)n(-c2ccc(F)cc2)n1)c1cccc(S(N)(=O)=O)c1. The summed E-state index contributed by atoms with van der Waals surface area (Å²) in [6, 6.07) is 14.9. The van der Waals surface area contributed by atoms with E-state index in [2.05, 4.69) is 15.4 Å². The molecule has 1 unspecified atom stereocenters. The molecule has 2 aromatic carbocycles. The highest BCUT2D eigenvalue weighted by molar-refractivity contribution is 7.89. The predicted octanol–water partition coefficient (Wildman–Crippen LogP) is 3.27. The molecule has 1 amide bonds. The van der Waals surface area contributed by atoms with Crippen molar-refractivity contribution in [2.45, 2.75) is 17.9 Å². The van der Waals surface area contributed by atoms with Crippen LogP contribution in [0.2, 0.25) is 0 Å². The number of aromatic nitrogens is 3. The smallest absolute Gasteiger partial charge is 0.291 e. The standard InChI is InChI=1S/C21H18FN5O3S2/c1-13(14-4-2-5-17(12-14)32(23,29)30)24-21(28)19-25-20(18-6-3-11-31-18)27(26-19)16-9-7-15(22)8-10-16/h2-13H,1H3,(H,24,28)(H2,23,29,30). The maximum absolute atomic E-state index is 13.4. The van der Waals surface area contributed by atoms with Crippen LogP contribution in [0.5, 0.6) is 0 Å². The zero-order valence-corrected chi connectivity index (χ0v) is 18.4. The second-order valence-electron chi connectivity index (χ2n) is 6.94. The lowest BCUT2D eigenvalue weighted by molar-refractivity contribution is 0.0929. The molecule has 0 aliphatic rings. The minimum Gasteiger partial charge on any atom is -0.343 e. The maximum atomic E-state index is 13.4. The Bertz CT molecular complexity index is 1370. The highest BCUT2D eigenvalue weighted by Crippen LogP contribution is 2.26. The first kappa shape index (κ1) is 21.8. The van der Waals surface area contributed by atoms with Crippen LogP contribution in [0.4, 0.5) is 4.39 Å². The summed E-state index contributed by atoms with van der Waals surface area (Å²) in [5, 5.41) is 14.2. The van der Waals surface area contributed by atoms with Crippen molar-refractivity contribution in [2.24, 2.45) is 5.14 Å². The van der Waals surface area contributed by atoms with E-state index in [4.69, 9.17) is 5.14 Å². The number of hydrogen-bond acceptors (Lipinski definition) is 6. The van der Waals surface area contributed by atoms with E-state index < -0.39 is 22.0 Å². The Morgan fingerprint density at radius 1 is 1.16 bits per heavy atom. The number of halogens is 1. The Kier molecular flexibility index (Phi) is 5.87. The van der Waals surface area contributed by atoms with E-state index in [9.17, 15) is 17.6 Å². The van der Waals surface area contributed by atoms with Gasteiger partial charge in [0.05, 0.1) is 21.5 Å². The summed E-state index contributed by atoms with van der Waals surface area (Å²) in [7, 11) is -3.87. The van der Waals surface area contributed by atoms with Gasteiger partial charge in [-0.1, -0.05) is 18.2 Å². The number of sulfonamides is 1. The van der Waals surface area contributed by atoms with Crippen LogP contribution in [0.3, 0.4) is 0 Å². The molecule has 4 aromatic rings. The lowest BCUT2D eigenvalue weighted by Gasteiger charge is -2.13. The van der Waals surface area contributed by atoms with Crippen LogP contribution in [-0.2, 0) is 10.0 Å². The predicted molar refractivity (Wildman–Crippen MR) is 118 cm³/mol. The fourth-order valence-corrected chi connectivity index (χ4v) is 4.31. The summed E-state index contributed by atoms with van der Waals surface area (Å²) in [6.45, 7) is 1.71. The van der Waals surface area contributed by atoms with Gasteiger partial charge in [0.2, 0.25) is 15.8 Å². The molecule has 11 heteroatoms. The average molecular weight is 472 g/mol. The molecular formula is C21H18FN5O3S2. The van der Waals surface area contributed by atoms with Crippen LogP contribution in [0.25, 0.3) is 16.4 Å². The molecule has 0 saturated carbocycles. The molecule has 164 valence electrons. The molecule has 0 saturated heterocycles. The quantitative estimate of drug-likeness (QED) is 0.447. The number of amides is 1. The lowest BCUT2D eigenvalue weighted by Crippen LogP contribution is -2.28.